The summed E-state index contributed by atoms with van der Waals surface area (Å²) in [5, 5.41) is 0.302. The molecular weight excluding hydrogens is 308 g/mol. The predicted octanol–water partition coefficient (Wildman–Crippen LogP) is 4.08. The first-order valence-electron chi connectivity index (χ1n) is 5.00. The first kappa shape index (κ1) is 12.6. The van der Waals surface area contributed by atoms with Crippen molar-refractivity contribution in [1.82, 2.24) is 0 Å². The summed E-state index contributed by atoms with van der Waals surface area (Å²) in [5.74, 6) is -0.282. The highest BCUT2D eigenvalue weighted by Gasteiger charge is 2.14. The summed E-state index contributed by atoms with van der Waals surface area (Å²) in [6.07, 6.45) is 2.05. The van der Waals surface area contributed by atoms with Gasteiger partial charge in [0.15, 0.2) is 5.22 Å². The van der Waals surface area contributed by atoms with Crippen molar-refractivity contribution in [2.45, 2.75) is 12.5 Å². The molecule has 0 bridgehead atoms. The van der Waals surface area contributed by atoms with Crippen LogP contribution in [-0.4, -0.2) is 0 Å². The van der Waals surface area contributed by atoms with Gasteiger partial charge in [-0.25, -0.2) is 4.39 Å². The second-order valence-corrected chi connectivity index (χ2v) is 4.89. The molecule has 0 amide bonds. The van der Waals surface area contributed by atoms with Crippen molar-refractivity contribution in [3.8, 4) is 0 Å². The fourth-order valence-corrected chi connectivity index (χ4v) is 2.37. The molecule has 0 saturated heterocycles. The van der Waals surface area contributed by atoms with Gasteiger partial charge in [-0.15, -0.1) is 0 Å². The molecule has 17 heavy (non-hydrogen) atoms. The molecule has 2 aromatic rings. The summed E-state index contributed by atoms with van der Waals surface area (Å²) < 4.78 is 18.6. The SMILES string of the molecule is NC(Cc1ccc(F)cc1Br)c1ccoc1Cl. The maximum absolute atomic E-state index is 12.9. The topological polar surface area (TPSA) is 39.2 Å². The van der Waals surface area contributed by atoms with Gasteiger partial charge in [0.1, 0.15) is 5.82 Å². The third-order valence-corrected chi connectivity index (χ3v) is 3.55. The number of hydrogen-bond acceptors (Lipinski definition) is 2. The molecule has 90 valence electrons. The fourth-order valence-electron chi connectivity index (χ4n) is 1.60. The summed E-state index contributed by atoms with van der Waals surface area (Å²) >= 11 is 9.15. The van der Waals surface area contributed by atoms with Crippen LogP contribution in [0.2, 0.25) is 5.22 Å². The molecule has 0 spiro atoms. The maximum atomic E-state index is 12.9. The lowest BCUT2D eigenvalue weighted by Crippen LogP contribution is -2.13. The van der Waals surface area contributed by atoms with E-state index < -0.39 is 0 Å². The van der Waals surface area contributed by atoms with Crippen molar-refractivity contribution in [2.75, 3.05) is 0 Å². The van der Waals surface area contributed by atoms with E-state index in [1.807, 2.05) is 0 Å². The first-order chi connectivity index (χ1) is 8.08. The lowest BCUT2D eigenvalue weighted by atomic mass is 10.0. The second-order valence-electron chi connectivity index (χ2n) is 3.70. The van der Waals surface area contributed by atoms with E-state index in [0.717, 1.165) is 11.1 Å². The van der Waals surface area contributed by atoms with E-state index in [-0.39, 0.29) is 11.9 Å². The van der Waals surface area contributed by atoms with Crippen molar-refractivity contribution >= 4 is 27.5 Å². The molecule has 1 unspecified atom stereocenters. The molecule has 2 rings (SSSR count). The summed E-state index contributed by atoms with van der Waals surface area (Å²) in [6.45, 7) is 0. The Morgan fingerprint density at radius 1 is 1.41 bits per heavy atom. The number of halogens is 3. The largest absolute Gasteiger partial charge is 0.453 e. The minimum atomic E-state index is -0.282. The Morgan fingerprint density at radius 3 is 2.76 bits per heavy atom. The Labute approximate surface area is 112 Å². The van der Waals surface area contributed by atoms with Gasteiger partial charge in [0, 0.05) is 16.1 Å². The molecule has 0 saturated carbocycles. The normalized spacial score (nSPS) is 12.7. The van der Waals surface area contributed by atoms with E-state index in [4.69, 9.17) is 21.8 Å². The molecule has 1 heterocycles. The third kappa shape index (κ3) is 2.89. The number of nitrogens with two attached hydrogens (primary N) is 1. The van der Waals surface area contributed by atoms with Crippen LogP contribution in [0.4, 0.5) is 4.39 Å². The molecule has 1 atom stereocenters. The average Bonchev–Trinajstić information content (AvgIpc) is 2.68. The number of benzene rings is 1. The summed E-state index contributed by atoms with van der Waals surface area (Å²) in [5.41, 5.74) is 7.70. The van der Waals surface area contributed by atoms with Crippen LogP contribution >= 0.6 is 27.5 Å². The van der Waals surface area contributed by atoms with Crippen LogP contribution in [0.15, 0.2) is 39.4 Å². The Hall–Kier alpha value is -0.840. The molecule has 1 aromatic carbocycles. The highest BCUT2D eigenvalue weighted by atomic mass is 79.9. The van der Waals surface area contributed by atoms with E-state index in [2.05, 4.69) is 15.9 Å². The standard InChI is InChI=1S/C12H10BrClFNO/c13-10-6-8(15)2-1-7(10)5-11(16)9-3-4-17-12(9)14/h1-4,6,11H,5,16H2. The summed E-state index contributed by atoms with van der Waals surface area (Å²) in [4.78, 5) is 0. The van der Waals surface area contributed by atoms with Gasteiger partial charge in [-0.1, -0.05) is 22.0 Å². The highest BCUT2D eigenvalue weighted by Crippen LogP contribution is 2.27. The molecular formula is C12H10BrClFNO. The van der Waals surface area contributed by atoms with Crippen LogP contribution in [0.5, 0.6) is 0 Å². The molecule has 0 aliphatic rings. The van der Waals surface area contributed by atoms with Crippen LogP contribution in [0, 0.1) is 5.82 Å². The van der Waals surface area contributed by atoms with Gasteiger partial charge in [-0.2, -0.15) is 0 Å². The number of furan rings is 1. The zero-order valence-electron chi connectivity index (χ0n) is 8.79. The first-order valence-corrected chi connectivity index (χ1v) is 6.17. The van der Waals surface area contributed by atoms with Crippen molar-refractivity contribution < 1.29 is 8.81 Å². The van der Waals surface area contributed by atoms with Crippen LogP contribution in [0.25, 0.3) is 0 Å². The summed E-state index contributed by atoms with van der Waals surface area (Å²) in [7, 11) is 0. The molecule has 0 radical (unpaired) electrons. The van der Waals surface area contributed by atoms with E-state index in [9.17, 15) is 4.39 Å². The van der Waals surface area contributed by atoms with Gasteiger partial charge in [-0.05, 0) is 41.8 Å². The van der Waals surface area contributed by atoms with Gasteiger partial charge < -0.3 is 10.2 Å². The monoisotopic (exact) mass is 317 g/mol. The molecule has 0 fully saturated rings. The van der Waals surface area contributed by atoms with Gasteiger partial charge in [0.25, 0.3) is 0 Å². The van der Waals surface area contributed by atoms with E-state index in [1.165, 1.54) is 18.4 Å². The lowest BCUT2D eigenvalue weighted by molar-refractivity contribution is 0.560. The summed E-state index contributed by atoms with van der Waals surface area (Å²) in [6, 6.07) is 5.99. The van der Waals surface area contributed by atoms with Crippen LogP contribution in [0.1, 0.15) is 17.2 Å². The molecule has 0 aliphatic carbocycles. The Balaban J connectivity index is 2.19. The zero-order chi connectivity index (χ0) is 12.4. The number of rotatable bonds is 3. The van der Waals surface area contributed by atoms with Crippen LogP contribution < -0.4 is 5.73 Å². The fraction of sp³-hybridized carbons (Fsp3) is 0.167. The van der Waals surface area contributed by atoms with Gasteiger partial charge in [0.05, 0.1) is 6.26 Å². The van der Waals surface area contributed by atoms with Crippen LogP contribution in [-0.2, 0) is 6.42 Å². The predicted molar refractivity (Wildman–Crippen MR) is 68.5 cm³/mol. The van der Waals surface area contributed by atoms with E-state index >= 15 is 0 Å². The second kappa shape index (κ2) is 5.21. The smallest absolute Gasteiger partial charge is 0.197 e. The molecule has 2 N–H and O–H groups in total. The zero-order valence-corrected chi connectivity index (χ0v) is 11.1. The van der Waals surface area contributed by atoms with Crippen molar-refractivity contribution in [1.29, 1.82) is 0 Å². The third-order valence-electron chi connectivity index (χ3n) is 2.50. The minimum absolute atomic E-state index is 0.275. The van der Waals surface area contributed by atoms with Gasteiger partial charge >= 0.3 is 0 Å². The van der Waals surface area contributed by atoms with E-state index in [1.54, 1.807) is 12.1 Å². The van der Waals surface area contributed by atoms with Crippen molar-refractivity contribution in [2.24, 2.45) is 5.73 Å². The molecule has 5 heteroatoms. The average molecular weight is 319 g/mol. The van der Waals surface area contributed by atoms with Crippen LogP contribution in [0.3, 0.4) is 0 Å². The molecule has 2 nitrogen and oxygen atoms in total. The van der Waals surface area contributed by atoms with Crippen molar-refractivity contribution in [3.05, 3.63) is 57.2 Å². The molecule has 1 aromatic heterocycles. The van der Waals surface area contributed by atoms with E-state index in [0.29, 0.717) is 16.1 Å². The number of hydrogen-bond donors (Lipinski definition) is 1. The minimum Gasteiger partial charge on any atom is -0.453 e. The lowest BCUT2D eigenvalue weighted by Gasteiger charge is -2.11. The highest BCUT2D eigenvalue weighted by molar-refractivity contribution is 9.10. The molecule has 0 aliphatic heterocycles. The quantitative estimate of drug-likeness (QED) is 0.926. The maximum Gasteiger partial charge on any atom is 0.197 e. The van der Waals surface area contributed by atoms with Crippen molar-refractivity contribution in [3.63, 3.8) is 0 Å². The van der Waals surface area contributed by atoms with Gasteiger partial charge in [-0.3, -0.25) is 0 Å². The van der Waals surface area contributed by atoms with Gasteiger partial charge in [0.2, 0.25) is 0 Å². The Morgan fingerprint density at radius 2 is 2.18 bits per heavy atom. The Bertz CT molecular complexity index is 529. The Kier molecular flexibility index (Phi) is 3.86.